The van der Waals surface area contributed by atoms with Crippen LogP contribution in [0.5, 0.6) is 0 Å². The number of hydrogen-bond acceptors (Lipinski definition) is 4. The van der Waals surface area contributed by atoms with E-state index in [1.165, 1.54) is 0 Å². The first-order valence-corrected chi connectivity index (χ1v) is 8.44. The molecule has 0 spiro atoms. The van der Waals surface area contributed by atoms with Crippen LogP contribution in [0.2, 0.25) is 0 Å². The van der Waals surface area contributed by atoms with E-state index in [2.05, 4.69) is 37.4 Å². The van der Waals surface area contributed by atoms with Gasteiger partial charge in [-0.15, -0.1) is 11.8 Å². The van der Waals surface area contributed by atoms with Gasteiger partial charge < -0.3 is 15.8 Å². The van der Waals surface area contributed by atoms with Gasteiger partial charge in [-0.3, -0.25) is 0 Å². The van der Waals surface area contributed by atoms with Crippen molar-refractivity contribution < 1.29 is 4.74 Å². The van der Waals surface area contributed by atoms with Crippen molar-refractivity contribution in [2.45, 2.75) is 31.3 Å². The van der Waals surface area contributed by atoms with Crippen molar-refractivity contribution in [1.29, 1.82) is 0 Å². The van der Waals surface area contributed by atoms with Gasteiger partial charge in [0.2, 0.25) is 0 Å². The number of nitrogens with two attached hydrogens (primary N) is 1. The molecule has 3 N–H and O–H groups in total. The quantitative estimate of drug-likeness (QED) is 0.624. The molecule has 1 saturated heterocycles. The van der Waals surface area contributed by atoms with Crippen LogP contribution < -0.4 is 11.1 Å². The minimum Gasteiger partial charge on any atom is -0.389 e. The molecule has 1 aromatic rings. The number of ether oxygens (including phenoxy) is 1. The summed E-state index contributed by atoms with van der Waals surface area (Å²) in [5, 5.41) is 3.50. The van der Waals surface area contributed by atoms with Crippen molar-refractivity contribution in [1.82, 2.24) is 0 Å². The molecule has 5 heteroatoms. The third-order valence-electron chi connectivity index (χ3n) is 3.66. The van der Waals surface area contributed by atoms with Crippen molar-refractivity contribution in [3.8, 4) is 0 Å². The van der Waals surface area contributed by atoms with Crippen molar-refractivity contribution in [2.24, 2.45) is 11.7 Å². The van der Waals surface area contributed by atoms with Gasteiger partial charge in [0.05, 0.1) is 6.10 Å². The molecule has 1 fully saturated rings. The maximum absolute atomic E-state index is 5.91. The van der Waals surface area contributed by atoms with E-state index >= 15 is 0 Å². The van der Waals surface area contributed by atoms with Crippen LogP contribution in [0.1, 0.15) is 25.8 Å². The standard InChI is InChI=1S/C15H22N2OS2/c1-3-20-13-6-4-5-12(14(13)15(16)19)17-9-11-7-8-18-10(11)2/h4-6,10-11,17H,3,7-9H2,1-2H3,(H2,16,19). The van der Waals surface area contributed by atoms with Crippen LogP contribution in [0.15, 0.2) is 23.1 Å². The van der Waals surface area contributed by atoms with Crippen molar-refractivity contribution in [3.63, 3.8) is 0 Å². The van der Waals surface area contributed by atoms with Crippen molar-refractivity contribution >= 4 is 34.7 Å². The zero-order valence-electron chi connectivity index (χ0n) is 12.0. The maximum Gasteiger partial charge on any atom is 0.107 e. The Kier molecular flexibility index (Phi) is 5.69. The molecule has 0 radical (unpaired) electrons. The summed E-state index contributed by atoms with van der Waals surface area (Å²) < 4.78 is 5.60. The molecule has 0 bridgehead atoms. The lowest BCUT2D eigenvalue weighted by molar-refractivity contribution is 0.108. The molecule has 20 heavy (non-hydrogen) atoms. The predicted molar refractivity (Wildman–Crippen MR) is 90.7 cm³/mol. The third-order valence-corrected chi connectivity index (χ3v) is 4.80. The van der Waals surface area contributed by atoms with Crippen LogP contribution in [0.4, 0.5) is 5.69 Å². The van der Waals surface area contributed by atoms with Gasteiger partial charge in [-0.1, -0.05) is 25.2 Å². The van der Waals surface area contributed by atoms with Gasteiger partial charge in [0.1, 0.15) is 4.99 Å². The highest BCUT2D eigenvalue weighted by atomic mass is 32.2. The molecule has 1 aromatic carbocycles. The molecule has 1 aliphatic heterocycles. The van der Waals surface area contributed by atoms with E-state index in [4.69, 9.17) is 22.7 Å². The smallest absolute Gasteiger partial charge is 0.107 e. The number of benzene rings is 1. The van der Waals surface area contributed by atoms with E-state index in [0.717, 1.165) is 41.5 Å². The second kappa shape index (κ2) is 7.29. The lowest BCUT2D eigenvalue weighted by Gasteiger charge is -2.19. The first-order valence-electron chi connectivity index (χ1n) is 7.04. The molecule has 0 amide bonds. The summed E-state index contributed by atoms with van der Waals surface area (Å²) in [6, 6.07) is 6.18. The Hall–Kier alpha value is -0.780. The highest BCUT2D eigenvalue weighted by Gasteiger charge is 2.24. The lowest BCUT2D eigenvalue weighted by Crippen LogP contribution is -2.22. The Morgan fingerprint density at radius 3 is 2.95 bits per heavy atom. The summed E-state index contributed by atoms with van der Waals surface area (Å²) in [4.78, 5) is 1.61. The van der Waals surface area contributed by atoms with Gasteiger partial charge in [0.25, 0.3) is 0 Å². The van der Waals surface area contributed by atoms with Crippen LogP contribution in [-0.4, -0.2) is 30.0 Å². The first-order chi connectivity index (χ1) is 9.63. The monoisotopic (exact) mass is 310 g/mol. The molecule has 2 atom stereocenters. The number of hydrogen-bond donors (Lipinski definition) is 2. The van der Waals surface area contributed by atoms with Crippen LogP contribution >= 0.6 is 24.0 Å². The lowest BCUT2D eigenvalue weighted by atomic mass is 10.0. The summed E-state index contributed by atoms with van der Waals surface area (Å²) >= 11 is 6.99. The van der Waals surface area contributed by atoms with Crippen LogP contribution in [-0.2, 0) is 4.74 Å². The zero-order chi connectivity index (χ0) is 14.5. The fourth-order valence-corrected chi connectivity index (χ4v) is 3.63. The van der Waals surface area contributed by atoms with E-state index in [9.17, 15) is 0 Å². The number of thiocarbonyl (C=S) groups is 1. The summed E-state index contributed by atoms with van der Waals surface area (Å²) in [6.07, 6.45) is 1.43. The minimum atomic E-state index is 0.323. The highest BCUT2D eigenvalue weighted by Crippen LogP contribution is 2.29. The molecule has 2 unspecified atom stereocenters. The molecule has 0 aliphatic carbocycles. The molecule has 2 rings (SSSR count). The van der Waals surface area contributed by atoms with E-state index in [1.807, 2.05) is 0 Å². The fourth-order valence-electron chi connectivity index (χ4n) is 2.49. The molecule has 1 heterocycles. The predicted octanol–water partition coefficient (Wildman–Crippen LogP) is 3.27. The summed E-state index contributed by atoms with van der Waals surface area (Å²) in [7, 11) is 0. The van der Waals surface area contributed by atoms with E-state index in [0.29, 0.717) is 17.0 Å². The SMILES string of the molecule is CCSc1cccc(NCC2CCOC2C)c1C(N)=S. The van der Waals surface area contributed by atoms with Gasteiger partial charge in [0.15, 0.2) is 0 Å². The Morgan fingerprint density at radius 2 is 2.35 bits per heavy atom. The minimum absolute atomic E-state index is 0.323. The van der Waals surface area contributed by atoms with Crippen LogP contribution in [0.3, 0.4) is 0 Å². The van der Waals surface area contributed by atoms with Crippen LogP contribution in [0, 0.1) is 5.92 Å². The third kappa shape index (κ3) is 3.65. The average Bonchev–Trinajstić information content (AvgIpc) is 2.82. The second-order valence-corrected chi connectivity index (χ2v) is 6.73. The van der Waals surface area contributed by atoms with Gasteiger partial charge in [-0.05, 0) is 31.2 Å². The Morgan fingerprint density at radius 1 is 1.55 bits per heavy atom. The molecule has 3 nitrogen and oxygen atoms in total. The molecule has 110 valence electrons. The number of nitrogens with one attached hydrogen (secondary N) is 1. The van der Waals surface area contributed by atoms with Gasteiger partial charge in [-0.2, -0.15) is 0 Å². The largest absolute Gasteiger partial charge is 0.389 e. The van der Waals surface area contributed by atoms with Crippen molar-refractivity contribution in [2.75, 3.05) is 24.2 Å². The summed E-state index contributed by atoms with van der Waals surface area (Å²) in [5.41, 5.74) is 7.92. The Bertz CT molecular complexity index is 479. The molecule has 0 aromatic heterocycles. The van der Waals surface area contributed by atoms with Crippen molar-refractivity contribution in [3.05, 3.63) is 23.8 Å². The zero-order valence-corrected chi connectivity index (χ0v) is 13.7. The maximum atomic E-state index is 5.91. The average molecular weight is 310 g/mol. The molecular weight excluding hydrogens is 288 g/mol. The number of thioether (sulfide) groups is 1. The summed E-state index contributed by atoms with van der Waals surface area (Å²) in [6.45, 7) is 6.03. The topological polar surface area (TPSA) is 47.3 Å². The molecular formula is C15H22N2OS2. The normalized spacial score (nSPS) is 21.9. The van der Waals surface area contributed by atoms with E-state index in [-0.39, 0.29) is 0 Å². The Labute approximate surface area is 130 Å². The second-order valence-electron chi connectivity index (χ2n) is 4.98. The molecule has 0 saturated carbocycles. The van der Waals surface area contributed by atoms with Gasteiger partial charge in [0, 0.05) is 35.2 Å². The van der Waals surface area contributed by atoms with Crippen LogP contribution in [0.25, 0.3) is 0 Å². The van der Waals surface area contributed by atoms with E-state index < -0.39 is 0 Å². The Balaban J connectivity index is 2.13. The van der Waals surface area contributed by atoms with Gasteiger partial charge in [-0.25, -0.2) is 0 Å². The summed E-state index contributed by atoms with van der Waals surface area (Å²) in [5.74, 6) is 1.56. The van der Waals surface area contributed by atoms with E-state index in [1.54, 1.807) is 11.8 Å². The molecule has 1 aliphatic rings. The number of rotatable bonds is 6. The van der Waals surface area contributed by atoms with Gasteiger partial charge >= 0.3 is 0 Å². The number of anilines is 1. The first kappa shape index (κ1) is 15.6. The fraction of sp³-hybridized carbons (Fsp3) is 0.533. The highest BCUT2D eigenvalue weighted by molar-refractivity contribution is 7.99.